The molecule has 8 heteroatoms. The Bertz CT molecular complexity index is 1200. The Morgan fingerprint density at radius 1 is 1.18 bits per heavy atom. The fraction of sp³-hybridized carbons (Fsp3) is 0.462. The maximum atomic E-state index is 12.5. The summed E-state index contributed by atoms with van der Waals surface area (Å²) < 4.78 is 43.9. The van der Waals surface area contributed by atoms with Gasteiger partial charge in [0, 0.05) is 12.0 Å². The first-order chi connectivity index (χ1) is 15.8. The van der Waals surface area contributed by atoms with E-state index in [4.69, 9.17) is 4.98 Å². The number of aromatic carboxylic acids is 1. The van der Waals surface area contributed by atoms with Gasteiger partial charge >= 0.3 is 12.3 Å². The summed E-state index contributed by atoms with van der Waals surface area (Å²) in [5.41, 5.74) is 2.60. The fourth-order valence-corrected chi connectivity index (χ4v) is 5.54. The van der Waals surface area contributed by atoms with Crippen molar-refractivity contribution < 1.29 is 27.8 Å². The Balaban J connectivity index is 1.79. The minimum atomic E-state index is -4.74. The Hall–Kier alpha value is -3.03. The van der Waals surface area contributed by atoms with Gasteiger partial charge in [-0.25, -0.2) is 9.78 Å². The smallest absolute Gasteiger partial charge is 0.478 e. The molecule has 1 aliphatic carbocycles. The zero-order valence-corrected chi connectivity index (χ0v) is 19.7. The van der Waals surface area contributed by atoms with Crippen LogP contribution < -0.4 is 4.74 Å². The second-order valence-corrected chi connectivity index (χ2v) is 10.3. The number of carboxylic acid groups (broad SMARTS) is 1. The van der Waals surface area contributed by atoms with E-state index in [2.05, 4.69) is 30.1 Å². The lowest BCUT2D eigenvalue weighted by molar-refractivity contribution is -0.274. The van der Waals surface area contributed by atoms with Crippen molar-refractivity contribution in [1.82, 2.24) is 9.55 Å². The van der Waals surface area contributed by atoms with Crippen LogP contribution in [0.25, 0.3) is 11.0 Å². The second-order valence-electron chi connectivity index (χ2n) is 10.3. The molecule has 5 nitrogen and oxygen atoms in total. The highest BCUT2D eigenvalue weighted by Crippen LogP contribution is 2.46. The molecule has 3 aromatic rings. The fourth-order valence-electron chi connectivity index (χ4n) is 5.54. The van der Waals surface area contributed by atoms with Gasteiger partial charge in [-0.3, -0.25) is 0 Å². The number of carboxylic acids is 1. The Morgan fingerprint density at radius 3 is 2.44 bits per heavy atom. The van der Waals surface area contributed by atoms with Gasteiger partial charge in [0.1, 0.15) is 11.6 Å². The number of ether oxygens (including phenoxy) is 1. The number of benzene rings is 2. The number of aromatic nitrogens is 2. The van der Waals surface area contributed by atoms with Crippen LogP contribution in [0.15, 0.2) is 42.5 Å². The van der Waals surface area contributed by atoms with Crippen molar-refractivity contribution in [2.24, 2.45) is 11.3 Å². The van der Waals surface area contributed by atoms with E-state index >= 15 is 0 Å². The number of imidazole rings is 1. The second kappa shape index (κ2) is 8.64. The average Bonchev–Trinajstić information content (AvgIpc) is 3.10. The number of halogens is 3. The van der Waals surface area contributed by atoms with Crippen LogP contribution in [-0.4, -0.2) is 27.0 Å². The van der Waals surface area contributed by atoms with Gasteiger partial charge in [0.05, 0.1) is 16.6 Å². The molecule has 3 atom stereocenters. The van der Waals surface area contributed by atoms with Crippen LogP contribution in [0, 0.1) is 11.3 Å². The predicted molar refractivity (Wildman–Crippen MR) is 123 cm³/mol. The quantitative estimate of drug-likeness (QED) is 0.426. The topological polar surface area (TPSA) is 64.4 Å². The van der Waals surface area contributed by atoms with E-state index in [1.54, 1.807) is 24.3 Å². The van der Waals surface area contributed by atoms with Crippen LogP contribution in [-0.2, 0) is 0 Å². The number of carbonyl (C=O) groups is 1. The van der Waals surface area contributed by atoms with E-state index in [-0.39, 0.29) is 28.7 Å². The van der Waals surface area contributed by atoms with Crippen molar-refractivity contribution in [3.8, 4) is 5.75 Å². The first kappa shape index (κ1) is 24.1. The maximum Gasteiger partial charge on any atom is 0.573 e. The molecule has 1 aliphatic rings. The molecule has 0 radical (unpaired) electrons. The predicted octanol–water partition coefficient (Wildman–Crippen LogP) is 7.17. The van der Waals surface area contributed by atoms with Crippen LogP contribution in [0.3, 0.4) is 0 Å². The summed E-state index contributed by atoms with van der Waals surface area (Å²) in [7, 11) is 0. The molecule has 34 heavy (non-hydrogen) atoms. The van der Waals surface area contributed by atoms with E-state index in [1.807, 2.05) is 13.0 Å². The highest BCUT2D eigenvalue weighted by molar-refractivity contribution is 5.92. The monoisotopic (exact) mass is 474 g/mol. The molecule has 0 spiro atoms. The molecule has 182 valence electrons. The van der Waals surface area contributed by atoms with Gasteiger partial charge in [-0.2, -0.15) is 0 Å². The zero-order valence-electron chi connectivity index (χ0n) is 19.7. The van der Waals surface area contributed by atoms with Crippen LogP contribution in [0.1, 0.15) is 80.7 Å². The highest BCUT2D eigenvalue weighted by atomic mass is 19.4. The lowest BCUT2D eigenvalue weighted by atomic mass is 9.70. The van der Waals surface area contributed by atoms with Crippen molar-refractivity contribution in [2.75, 3.05) is 0 Å². The molecular formula is C26H29F3N2O3. The number of fused-ring (bicyclic) bond motifs is 1. The van der Waals surface area contributed by atoms with Gasteiger partial charge in [0.15, 0.2) is 0 Å². The third kappa shape index (κ3) is 5.05. The SMILES string of the molecule is C[C@H]1C[C@@H](n2c([C@@H](C)c3ccc(OC(F)(F)F)cc3)nc3cc(C(=O)O)ccc32)CC(C)(C)C1. The summed E-state index contributed by atoms with van der Waals surface area (Å²) in [6.45, 7) is 8.74. The zero-order chi connectivity index (χ0) is 24.8. The summed E-state index contributed by atoms with van der Waals surface area (Å²) in [5, 5.41) is 9.44. The highest BCUT2D eigenvalue weighted by Gasteiger charge is 2.35. The third-order valence-corrected chi connectivity index (χ3v) is 6.69. The van der Waals surface area contributed by atoms with E-state index in [1.165, 1.54) is 12.1 Å². The summed E-state index contributed by atoms with van der Waals surface area (Å²) in [5.74, 6) is -0.214. The largest absolute Gasteiger partial charge is 0.573 e. The average molecular weight is 475 g/mol. The van der Waals surface area contributed by atoms with E-state index in [0.717, 1.165) is 36.2 Å². The third-order valence-electron chi connectivity index (χ3n) is 6.69. The molecule has 0 amide bonds. The molecule has 1 saturated carbocycles. The summed E-state index contributed by atoms with van der Waals surface area (Å²) in [6.07, 6.45) is -1.67. The number of hydrogen-bond acceptors (Lipinski definition) is 3. The normalized spacial score (nSPS) is 21.4. The van der Waals surface area contributed by atoms with Crippen LogP contribution >= 0.6 is 0 Å². The summed E-state index contributed by atoms with van der Waals surface area (Å²) in [4.78, 5) is 16.4. The molecule has 0 unspecified atom stereocenters. The standard InChI is InChI=1S/C26H29F3N2O3/c1-15-11-19(14-25(3,4)13-15)31-22-10-7-18(24(32)33)12-21(22)30-23(31)16(2)17-5-8-20(9-6-17)34-26(27,28)29/h5-10,12,15-16,19H,11,13-14H2,1-4H3,(H,32,33)/t15-,16-,19+/m0/s1. The van der Waals surface area contributed by atoms with Gasteiger partial charge in [-0.1, -0.05) is 39.8 Å². The molecule has 1 fully saturated rings. The number of alkyl halides is 3. The number of hydrogen-bond donors (Lipinski definition) is 1. The molecular weight excluding hydrogens is 445 g/mol. The first-order valence-electron chi connectivity index (χ1n) is 11.4. The van der Waals surface area contributed by atoms with Crippen molar-refractivity contribution >= 4 is 17.0 Å². The van der Waals surface area contributed by atoms with Crippen molar-refractivity contribution in [2.45, 2.75) is 65.3 Å². The molecule has 2 aromatic carbocycles. The maximum absolute atomic E-state index is 12.5. The molecule has 0 bridgehead atoms. The Kier molecular flexibility index (Phi) is 6.12. The van der Waals surface area contributed by atoms with E-state index in [9.17, 15) is 23.1 Å². The molecule has 0 aliphatic heterocycles. The molecule has 0 saturated heterocycles. The minimum absolute atomic E-state index is 0.150. The van der Waals surface area contributed by atoms with Gasteiger partial charge < -0.3 is 14.4 Å². The number of rotatable bonds is 5. The Labute approximate surface area is 196 Å². The molecule has 1 heterocycles. The van der Waals surface area contributed by atoms with Gasteiger partial charge in [0.2, 0.25) is 0 Å². The molecule has 1 aromatic heterocycles. The molecule has 1 N–H and O–H groups in total. The van der Waals surface area contributed by atoms with Gasteiger partial charge in [-0.05, 0) is 66.5 Å². The van der Waals surface area contributed by atoms with Gasteiger partial charge in [-0.15, -0.1) is 13.2 Å². The lowest BCUT2D eigenvalue weighted by Gasteiger charge is -2.40. The summed E-state index contributed by atoms with van der Waals surface area (Å²) >= 11 is 0. The van der Waals surface area contributed by atoms with Crippen LogP contribution in [0.5, 0.6) is 5.75 Å². The first-order valence-corrected chi connectivity index (χ1v) is 11.4. The van der Waals surface area contributed by atoms with Crippen molar-refractivity contribution in [3.63, 3.8) is 0 Å². The van der Waals surface area contributed by atoms with Crippen molar-refractivity contribution in [3.05, 3.63) is 59.4 Å². The van der Waals surface area contributed by atoms with Crippen LogP contribution in [0.2, 0.25) is 0 Å². The lowest BCUT2D eigenvalue weighted by Crippen LogP contribution is -2.30. The summed E-state index contributed by atoms with van der Waals surface area (Å²) in [6, 6.07) is 11.0. The Morgan fingerprint density at radius 2 is 1.85 bits per heavy atom. The van der Waals surface area contributed by atoms with Gasteiger partial charge in [0.25, 0.3) is 0 Å². The van der Waals surface area contributed by atoms with Crippen molar-refractivity contribution in [1.29, 1.82) is 0 Å². The minimum Gasteiger partial charge on any atom is -0.478 e. The molecule has 4 rings (SSSR count). The van der Waals surface area contributed by atoms with E-state index in [0.29, 0.717) is 11.4 Å². The van der Waals surface area contributed by atoms with E-state index < -0.39 is 12.3 Å². The van der Waals surface area contributed by atoms with Crippen LogP contribution in [0.4, 0.5) is 13.2 Å². The number of nitrogens with zero attached hydrogens (tertiary/aromatic N) is 2.